The number of aromatic nitrogens is 1. The van der Waals surface area contributed by atoms with Crippen molar-refractivity contribution in [3.05, 3.63) is 88.6 Å². The van der Waals surface area contributed by atoms with Gasteiger partial charge in [0.05, 0.1) is 22.5 Å². The molecule has 0 radical (unpaired) electrons. The first-order valence-corrected chi connectivity index (χ1v) is 10.5. The van der Waals surface area contributed by atoms with Crippen LogP contribution in [0.5, 0.6) is 0 Å². The Hall–Kier alpha value is -3.38. The maximum absolute atomic E-state index is 12.7. The zero-order chi connectivity index (χ0) is 21.8. The minimum atomic E-state index is -0.162. The van der Waals surface area contributed by atoms with Gasteiger partial charge in [-0.15, -0.1) is 0 Å². The summed E-state index contributed by atoms with van der Waals surface area (Å²) in [5.74, 6) is 0.607. The Morgan fingerprint density at radius 3 is 2.42 bits per heavy atom. The molecule has 3 aromatic rings. The first-order chi connectivity index (χ1) is 15.0. The number of amides is 2. The second-order valence-corrected chi connectivity index (χ2v) is 7.89. The van der Waals surface area contributed by atoms with E-state index in [0.717, 1.165) is 11.4 Å². The van der Waals surface area contributed by atoms with Gasteiger partial charge in [0.1, 0.15) is 5.82 Å². The molecular formula is C24H23ClN4O2. The SMILES string of the molecule is Cc1cccc(C(=O)Nc2ccc(N3CCN(C(=O)c4ccccc4Cl)CC3)nc2)c1. The van der Waals surface area contributed by atoms with Crippen molar-refractivity contribution in [3.63, 3.8) is 0 Å². The lowest BCUT2D eigenvalue weighted by atomic mass is 10.1. The third-order valence-electron chi connectivity index (χ3n) is 5.28. The first kappa shape index (κ1) is 20.9. The van der Waals surface area contributed by atoms with E-state index >= 15 is 0 Å². The summed E-state index contributed by atoms with van der Waals surface area (Å²) < 4.78 is 0. The highest BCUT2D eigenvalue weighted by molar-refractivity contribution is 6.33. The van der Waals surface area contributed by atoms with E-state index in [2.05, 4.69) is 15.2 Å². The van der Waals surface area contributed by atoms with E-state index in [0.29, 0.717) is 48.0 Å². The van der Waals surface area contributed by atoms with Crippen molar-refractivity contribution in [1.82, 2.24) is 9.88 Å². The second kappa shape index (κ2) is 9.18. The summed E-state index contributed by atoms with van der Waals surface area (Å²) in [6.45, 7) is 4.50. The predicted octanol–water partition coefficient (Wildman–Crippen LogP) is 4.26. The monoisotopic (exact) mass is 434 g/mol. The number of carbonyl (C=O) groups is 2. The van der Waals surface area contributed by atoms with Crippen molar-refractivity contribution in [1.29, 1.82) is 0 Å². The summed E-state index contributed by atoms with van der Waals surface area (Å²) in [5.41, 5.74) is 2.82. The lowest BCUT2D eigenvalue weighted by molar-refractivity contribution is 0.0746. The van der Waals surface area contributed by atoms with Crippen LogP contribution < -0.4 is 10.2 Å². The third-order valence-corrected chi connectivity index (χ3v) is 5.61. The molecule has 0 atom stereocenters. The van der Waals surface area contributed by atoms with Crippen molar-refractivity contribution in [2.75, 3.05) is 36.4 Å². The number of rotatable bonds is 4. The molecule has 1 aromatic heterocycles. The van der Waals surface area contributed by atoms with Crippen LogP contribution in [-0.2, 0) is 0 Å². The number of piperazine rings is 1. The van der Waals surface area contributed by atoms with E-state index in [-0.39, 0.29) is 11.8 Å². The summed E-state index contributed by atoms with van der Waals surface area (Å²) in [7, 11) is 0. The largest absolute Gasteiger partial charge is 0.353 e. The number of pyridine rings is 1. The minimum absolute atomic E-state index is 0.0487. The predicted molar refractivity (Wildman–Crippen MR) is 123 cm³/mol. The quantitative estimate of drug-likeness (QED) is 0.666. The molecule has 1 aliphatic rings. The molecule has 2 heterocycles. The summed E-state index contributed by atoms with van der Waals surface area (Å²) in [5, 5.41) is 3.35. The molecule has 1 saturated heterocycles. The summed E-state index contributed by atoms with van der Waals surface area (Å²) in [6.07, 6.45) is 1.66. The van der Waals surface area contributed by atoms with Crippen LogP contribution in [0.1, 0.15) is 26.3 Å². The number of aryl methyl sites for hydroxylation is 1. The zero-order valence-electron chi connectivity index (χ0n) is 17.2. The molecule has 2 amide bonds. The fraction of sp³-hybridized carbons (Fsp3) is 0.208. The van der Waals surface area contributed by atoms with Crippen molar-refractivity contribution in [3.8, 4) is 0 Å². The maximum atomic E-state index is 12.7. The van der Waals surface area contributed by atoms with Gasteiger partial charge in [-0.2, -0.15) is 0 Å². The van der Waals surface area contributed by atoms with Crippen molar-refractivity contribution in [2.24, 2.45) is 0 Å². The highest BCUT2D eigenvalue weighted by Crippen LogP contribution is 2.20. The fourth-order valence-corrected chi connectivity index (χ4v) is 3.80. The van der Waals surface area contributed by atoms with Crippen LogP contribution in [0.4, 0.5) is 11.5 Å². The van der Waals surface area contributed by atoms with Crippen LogP contribution in [0.15, 0.2) is 66.9 Å². The van der Waals surface area contributed by atoms with Crippen LogP contribution in [-0.4, -0.2) is 47.9 Å². The number of benzene rings is 2. The average Bonchev–Trinajstić information content (AvgIpc) is 2.79. The van der Waals surface area contributed by atoms with Gasteiger partial charge in [-0.25, -0.2) is 4.98 Å². The van der Waals surface area contributed by atoms with E-state index in [1.807, 2.05) is 54.3 Å². The second-order valence-electron chi connectivity index (χ2n) is 7.49. The third kappa shape index (κ3) is 4.86. The number of anilines is 2. The number of hydrogen-bond donors (Lipinski definition) is 1. The molecule has 31 heavy (non-hydrogen) atoms. The summed E-state index contributed by atoms with van der Waals surface area (Å²) in [4.78, 5) is 33.6. The Morgan fingerprint density at radius 2 is 1.74 bits per heavy atom. The molecular weight excluding hydrogens is 412 g/mol. The maximum Gasteiger partial charge on any atom is 0.255 e. The number of hydrogen-bond acceptors (Lipinski definition) is 4. The lowest BCUT2D eigenvalue weighted by Crippen LogP contribution is -2.49. The van der Waals surface area contributed by atoms with E-state index < -0.39 is 0 Å². The Kier molecular flexibility index (Phi) is 6.18. The van der Waals surface area contributed by atoms with Gasteiger partial charge in [-0.3, -0.25) is 9.59 Å². The van der Waals surface area contributed by atoms with Crippen LogP contribution in [0.25, 0.3) is 0 Å². The molecule has 158 valence electrons. The topological polar surface area (TPSA) is 65.5 Å². The Bertz CT molecular complexity index is 1090. The number of nitrogens with zero attached hydrogens (tertiary/aromatic N) is 3. The summed E-state index contributed by atoms with van der Waals surface area (Å²) in [6, 6.07) is 18.3. The van der Waals surface area contributed by atoms with Crippen molar-refractivity contribution in [2.45, 2.75) is 6.92 Å². The lowest BCUT2D eigenvalue weighted by Gasteiger charge is -2.35. The molecule has 1 aliphatic heterocycles. The number of halogens is 1. The van der Waals surface area contributed by atoms with Crippen LogP contribution in [0.3, 0.4) is 0 Å². The molecule has 6 nitrogen and oxygen atoms in total. The molecule has 1 N–H and O–H groups in total. The summed E-state index contributed by atoms with van der Waals surface area (Å²) >= 11 is 6.16. The first-order valence-electron chi connectivity index (χ1n) is 10.1. The van der Waals surface area contributed by atoms with Gasteiger partial charge >= 0.3 is 0 Å². The molecule has 0 aliphatic carbocycles. The molecule has 0 bridgehead atoms. The minimum Gasteiger partial charge on any atom is -0.353 e. The Balaban J connectivity index is 1.35. The molecule has 0 spiro atoms. The van der Waals surface area contributed by atoms with Gasteiger partial charge < -0.3 is 15.1 Å². The Morgan fingerprint density at radius 1 is 0.968 bits per heavy atom. The van der Waals surface area contributed by atoms with Gasteiger partial charge in [0, 0.05) is 31.7 Å². The van der Waals surface area contributed by atoms with Crippen LogP contribution in [0.2, 0.25) is 5.02 Å². The molecule has 2 aromatic carbocycles. The van der Waals surface area contributed by atoms with E-state index in [1.165, 1.54) is 0 Å². The fourth-order valence-electron chi connectivity index (χ4n) is 3.58. The van der Waals surface area contributed by atoms with Gasteiger partial charge in [0.15, 0.2) is 0 Å². The van der Waals surface area contributed by atoms with Crippen molar-refractivity contribution < 1.29 is 9.59 Å². The van der Waals surface area contributed by atoms with E-state index in [1.54, 1.807) is 24.4 Å². The zero-order valence-corrected chi connectivity index (χ0v) is 18.0. The molecule has 1 fully saturated rings. The van der Waals surface area contributed by atoms with Crippen LogP contribution in [0, 0.1) is 6.92 Å². The molecule has 0 saturated carbocycles. The van der Waals surface area contributed by atoms with Gasteiger partial charge in [0.2, 0.25) is 0 Å². The smallest absolute Gasteiger partial charge is 0.255 e. The highest BCUT2D eigenvalue weighted by atomic mass is 35.5. The van der Waals surface area contributed by atoms with Crippen molar-refractivity contribution >= 4 is 34.9 Å². The number of carbonyl (C=O) groups excluding carboxylic acids is 2. The standard InChI is InChI=1S/C24H23ClN4O2/c1-17-5-4-6-18(15-17)23(30)27-19-9-10-22(26-16-19)28-11-13-29(14-12-28)24(31)20-7-2-3-8-21(20)25/h2-10,15-16H,11-14H2,1H3,(H,27,30). The van der Waals surface area contributed by atoms with E-state index in [4.69, 9.17) is 11.6 Å². The molecule has 4 rings (SSSR count). The average molecular weight is 435 g/mol. The Labute approximate surface area is 186 Å². The molecule has 0 unspecified atom stereocenters. The normalized spacial score (nSPS) is 13.7. The van der Waals surface area contributed by atoms with Gasteiger partial charge in [-0.1, -0.05) is 41.4 Å². The van der Waals surface area contributed by atoms with Gasteiger partial charge in [0.25, 0.3) is 11.8 Å². The highest BCUT2D eigenvalue weighted by Gasteiger charge is 2.24. The van der Waals surface area contributed by atoms with Gasteiger partial charge in [-0.05, 0) is 43.3 Å². The molecule has 7 heteroatoms. The van der Waals surface area contributed by atoms with Crippen LogP contribution >= 0.6 is 11.6 Å². The number of nitrogens with one attached hydrogen (secondary N) is 1. The van der Waals surface area contributed by atoms with E-state index in [9.17, 15) is 9.59 Å².